The van der Waals surface area contributed by atoms with Gasteiger partial charge in [-0.3, -0.25) is 0 Å². The molecule has 1 atom stereocenters. The first-order chi connectivity index (χ1) is 11.5. The Hall–Kier alpha value is -2.57. The summed E-state index contributed by atoms with van der Waals surface area (Å²) in [4.78, 5) is 10.6. The summed E-state index contributed by atoms with van der Waals surface area (Å²) in [6.45, 7) is 0. The van der Waals surface area contributed by atoms with Gasteiger partial charge in [-0.05, 0) is 30.4 Å². The van der Waals surface area contributed by atoms with E-state index in [1.54, 1.807) is 0 Å². The lowest BCUT2D eigenvalue weighted by molar-refractivity contribution is -0.136. The molecule has 0 bridgehead atoms. The summed E-state index contributed by atoms with van der Waals surface area (Å²) < 4.78 is 39.7. The smallest absolute Gasteiger partial charge is 0.363 e. The third kappa shape index (κ3) is 2.50. The molecule has 0 saturated carbocycles. The number of alkyl halides is 3. The van der Waals surface area contributed by atoms with Gasteiger partial charge in [0.25, 0.3) is 0 Å². The average Bonchev–Trinajstić information content (AvgIpc) is 3.01. The van der Waals surface area contributed by atoms with Gasteiger partial charge in [0.05, 0.1) is 17.0 Å². The molecule has 4 rings (SSSR count). The fourth-order valence-electron chi connectivity index (χ4n) is 3.36. The van der Waals surface area contributed by atoms with Gasteiger partial charge in [0.15, 0.2) is 0 Å². The van der Waals surface area contributed by atoms with Crippen molar-refractivity contribution in [2.75, 3.05) is 5.32 Å². The molecule has 3 aromatic rings. The molecule has 0 unspecified atom stereocenters. The van der Waals surface area contributed by atoms with E-state index in [4.69, 9.17) is 0 Å². The first-order valence-electron chi connectivity index (χ1n) is 7.77. The number of H-pyrrole nitrogens is 1. The minimum Gasteiger partial charge on any atom is -0.363 e. The Kier molecular flexibility index (Phi) is 3.44. The number of hydrogen-bond acceptors (Lipinski definition) is 3. The zero-order chi connectivity index (χ0) is 16.7. The highest BCUT2D eigenvalue weighted by atomic mass is 19.4. The summed E-state index contributed by atoms with van der Waals surface area (Å²) in [6.07, 6.45) is 0.598. The third-order valence-electron chi connectivity index (χ3n) is 4.46. The van der Waals surface area contributed by atoms with Crippen LogP contribution in [-0.4, -0.2) is 15.0 Å². The molecule has 2 heterocycles. The van der Waals surface area contributed by atoms with Crippen LogP contribution in [0.15, 0.2) is 36.8 Å². The topological polar surface area (TPSA) is 53.6 Å². The van der Waals surface area contributed by atoms with Crippen molar-refractivity contribution in [1.82, 2.24) is 15.0 Å². The van der Waals surface area contributed by atoms with Gasteiger partial charge in [0.2, 0.25) is 0 Å². The summed E-state index contributed by atoms with van der Waals surface area (Å²) in [7, 11) is 0. The summed E-state index contributed by atoms with van der Waals surface area (Å²) in [5, 5.41) is 3.20. The minimum atomic E-state index is -4.45. The van der Waals surface area contributed by atoms with Crippen molar-refractivity contribution in [3.8, 4) is 0 Å². The second-order valence-corrected chi connectivity index (χ2v) is 5.93. The Morgan fingerprint density at radius 2 is 2.00 bits per heavy atom. The standard InChI is InChI=1S/C17H15F3N4/c18-17(19,20)12-8-21-15-14(12)16(23-9-22-15)24-13-7-3-5-10-4-1-2-6-11(10)13/h1-2,4,6,8-9,13H,3,5,7H2,(H2,21,22,23,24)/t13-/m1/s1. The quantitative estimate of drug-likeness (QED) is 0.728. The van der Waals surface area contributed by atoms with E-state index in [9.17, 15) is 13.2 Å². The normalized spacial score (nSPS) is 17.7. The first kappa shape index (κ1) is 15.0. The number of aryl methyl sites for hydroxylation is 1. The highest BCUT2D eigenvalue weighted by Crippen LogP contribution is 2.39. The molecule has 4 nitrogen and oxygen atoms in total. The Balaban J connectivity index is 1.77. The summed E-state index contributed by atoms with van der Waals surface area (Å²) in [5.41, 5.74) is 1.80. The van der Waals surface area contributed by atoms with E-state index >= 15 is 0 Å². The maximum atomic E-state index is 13.2. The van der Waals surface area contributed by atoms with E-state index in [1.165, 1.54) is 11.9 Å². The maximum Gasteiger partial charge on any atom is 0.418 e. The van der Waals surface area contributed by atoms with Gasteiger partial charge in [-0.2, -0.15) is 13.2 Å². The number of rotatable bonds is 2. The first-order valence-corrected chi connectivity index (χ1v) is 7.77. The molecule has 1 aromatic carbocycles. The van der Waals surface area contributed by atoms with Crippen LogP contribution in [0.25, 0.3) is 11.0 Å². The van der Waals surface area contributed by atoms with Crippen molar-refractivity contribution in [3.05, 3.63) is 53.5 Å². The number of aromatic amines is 1. The molecule has 2 N–H and O–H groups in total. The Morgan fingerprint density at radius 1 is 1.17 bits per heavy atom. The molecule has 0 radical (unpaired) electrons. The molecule has 24 heavy (non-hydrogen) atoms. The molecule has 0 aliphatic heterocycles. The fourth-order valence-corrected chi connectivity index (χ4v) is 3.36. The predicted molar refractivity (Wildman–Crippen MR) is 84.6 cm³/mol. The van der Waals surface area contributed by atoms with Crippen LogP contribution in [0.3, 0.4) is 0 Å². The van der Waals surface area contributed by atoms with Gasteiger partial charge in [-0.25, -0.2) is 9.97 Å². The molecule has 0 saturated heterocycles. The number of benzene rings is 1. The number of anilines is 1. The van der Waals surface area contributed by atoms with E-state index in [1.807, 2.05) is 18.2 Å². The van der Waals surface area contributed by atoms with Crippen LogP contribution in [0.4, 0.5) is 19.0 Å². The highest BCUT2D eigenvalue weighted by Gasteiger charge is 2.35. The van der Waals surface area contributed by atoms with Crippen molar-refractivity contribution in [3.63, 3.8) is 0 Å². The van der Waals surface area contributed by atoms with Gasteiger partial charge in [-0.1, -0.05) is 24.3 Å². The van der Waals surface area contributed by atoms with E-state index < -0.39 is 11.7 Å². The number of halogens is 3. The molecular formula is C17H15F3N4. The second-order valence-electron chi connectivity index (χ2n) is 5.93. The van der Waals surface area contributed by atoms with E-state index in [0.717, 1.165) is 31.0 Å². The highest BCUT2D eigenvalue weighted by molar-refractivity contribution is 5.91. The van der Waals surface area contributed by atoms with Gasteiger partial charge in [-0.15, -0.1) is 0 Å². The van der Waals surface area contributed by atoms with Crippen molar-refractivity contribution < 1.29 is 13.2 Å². The van der Waals surface area contributed by atoms with Gasteiger partial charge < -0.3 is 10.3 Å². The third-order valence-corrected chi connectivity index (χ3v) is 4.46. The van der Waals surface area contributed by atoms with Crippen molar-refractivity contribution >= 4 is 16.9 Å². The van der Waals surface area contributed by atoms with Crippen molar-refractivity contribution in [1.29, 1.82) is 0 Å². The van der Waals surface area contributed by atoms with E-state index in [0.29, 0.717) is 0 Å². The van der Waals surface area contributed by atoms with Crippen LogP contribution in [0, 0.1) is 0 Å². The molecule has 2 aromatic heterocycles. The summed E-state index contributed by atoms with van der Waals surface area (Å²) >= 11 is 0. The molecule has 0 amide bonds. The largest absolute Gasteiger partial charge is 0.418 e. The summed E-state index contributed by atoms with van der Waals surface area (Å²) in [6, 6.07) is 7.97. The summed E-state index contributed by atoms with van der Waals surface area (Å²) in [5.74, 6) is 0.218. The van der Waals surface area contributed by atoms with Crippen molar-refractivity contribution in [2.24, 2.45) is 0 Å². The zero-order valence-corrected chi connectivity index (χ0v) is 12.7. The Morgan fingerprint density at radius 3 is 2.83 bits per heavy atom. The number of aromatic nitrogens is 3. The molecule has 0 fully saturated rings. The lowest BCUT2D eigenvalue weighted by atomic mass is 9.88. The second kappa shape index (κ2) is 5.51. The molecule has 124 valence electrons. The van der Waals surface area contributed by atoms with Gasteiger partial charge >= 0.3 is 6.18 Å². The zero-order valence-electron chi connectivity index (χ0n) is 12.7. The molecule has 0 spiro atoms. The Labute approximate surface area is 136 Å². The lowest BCUT2D eigenvalue weighted by Crippen LogP contribution is -2.18. The lowest BCUT2D eigenvalue weighted by Gasteiger charge is -2.27. The number of nitrogens with one attached hydrogen (secondary N) is 2. The van der Waals surface area contributed by atoms with Crippen LogP contribution in [0.5, 0.6) is 0 Å². The predicted octanol–water partition coefficient (Wildman–Crippen LogP) is 4.47. The van der Waals surface area contributed by atoms with Crippen LogP contribution in [0.2, 0.25) is 0 Å². The van der Waals surface area contributed by atoms with Crippen LogP contribution in [0.1, 0.15) is 35.6 Å². The molecule has 7 heteroatoms. The molecule has 1 aliphatic carbocycles. The fraction of sp³-hybridized carbons (Fsp3) is 0.294. The molecular weight excluding hydrogens is 317 g/mol. The number of fused-ring (bicyclic) bond motifs is 2. The van der Waals surface area contributed by atoms with Gasteiger partial charge in [0.1, 0.15) is 17.8 Å². The molecule has 1 aliphatic rings. The number of hydrogen-bond donors (Lipinski definition) is 2. The van der Waals surface area contributed by atoms with Gasteiger partial charge in [0, 0.05) is 6.20 Å². The van der Waals surface area contributed by atoms with Crippen LogP contribution in [-0.2, 0) is 12.6 Å². The van der Waals surface area contributed by atoms with E-state index in [2.05, 4.69) is 26.3 Å². The van der Waals surface area contributed by atoms with Crippen LogP contribution >= 0.6 is 0 Å². The maximum absolute atomic E-state index is 13.2. The Bertz CT molecular complexity index is 885. The minimum absolute atomic E-state index is 0.00643. The average molecular weight is 332 g/mol. The van der Waals surface area contributed by atoms with Crippen LogP contribution < -0.4 is 5.32 Å². The van der Waals surface area contributed by atoms with Crippen molar-refractivity contribution in [2.45, 2.75) is 31.5 Å². The number of nitrogens with zero attached hydrogens (tertiary/aromatic N) is 2. The SMILES string of the molecule is FC(F)(F)c1c[nH]c2ncnc(N[C@@H]3CCCc4ccccc43)c12. The monoisotopic (exact) mass is 332 g/mol. The van der Waals surface area contributed by atoms with E-state index in [-0.39, 0.29) is 22.9 Å².